The fourth-order valence-electron chi connectivity index (χ4n) is 1.72. The number of para-hydroxylation sites is 1. The van der Waals surface area contributed by atoms with Crippen molar-refractivity contribution in [2.75, 3.05) is 6.54 Å². The number of rotatable bonds is 3. The van der Waals surface area contributed by atoms with Crippen LogP contribution in [0.15, 0.2) is 40.8 Å². The van der Waals surface area contributed by atoms with Gasteiger partial charge >= 0.3 is 6.09 Å². The lowest BCUT2D eigenvalue weighted by Gasteiger charge is -2.19. The molecule has 0 saturated heterocycles. The minimum absolute atomic E-state index is 0.395. The Morgan fingerprint density at radius 2 is 2.10 bits per heavy atom. The highest BCUT2D eigenvalue weighted by Gasteiger charge is 2.14. The van der Waals surface area contributed by atoms with Gasteiger partial charge in [0.1, 0.15) is 16.9 Å². The molecule has 1 aromatic heterocycles. The van der Waals surface area contributed by atoms with E-state index >= 15 is 0 Å². The van der Waals surface area contributed by atoms with Crippen LogP contribution in [0.3, 0.4) is 0 Å². The first-order chi connectivity index (χ1) is 9.44. The van der Waals surface area contributed by atoms with E-state index in [-0.39, 0.29) is 0 Å². The van der Waals surface area contributed by atoms with Crippen LogP contribution in [0, 0.1) is 0 Å². The molecule has 1 aromatic carbocycles. The van der Waals surface area contributed by atoms with Gasteiger partial charge in [0.05, 0.1) is 0 Å². The van der Waals surface area contributed by atoms with Gasteiger partial charge in [-0.3, -0.25) is 0 Å². The van der Waals surface area contributed by atoms with Crippen LogP contribution in [0.5, 0.6) is 0 Å². The molecule has 1 amide bonds. The minimum Gasteiger partial charge on any atom is -0.457 e. The lowest BCUT2D eigenvalue weighted by Crippen LogP contribution is -2.32. The van der Waals surface area contributed by atoms with Gasteiger partial charge in [0, 0.05) is 11.9 Å². The Kier molecular flexibility index (Phi) is 4.13. The molecule has 0 unspecified atom stereocenters. The van der Waals surface area contributed by atoms with Gasteiger partial charge in [-0.05, 0) is 39.0 Å². The Bertz CT molecular complexity index is 587. The largest absolute Gasteiger partial charge is 0.457 e. The van der Waals surface area contributed by atoms with Crippen molar-refractivity contribution < 1.29 is 13.9 Å². The summed E-state index contributed by atoms with van der Waals surface area (Å²) in [6, 6.07) is 9.78. The predicted octanol–water partition coefficient (Wildman–Crippen LogP) is 3.97. The highest BCUT2D eigenvalue weighted by Crippen LogP contribution is 2.19. The maximum Gasteiger partial charge on any atom is 0.407 e. The molecule has 4 heteroatoms. The molecule has 1 heterocycles. The molecule has 0 bridgehead atoms. The Hall–Kier alpha value is -2.23. The van der Waals surface area contributed by atoms with Crippen molar-refractivity contribution in [1.82, 2.24) is 5.32 Å². The number of benzene rings is 1. The third-order valence-electron chi connectivity index (χ3n) is 2.49. The Labute approximate surface area is 118 Å². The topological polar surface area (TPSA) is 51.5 Å². The van der Waals surface area contributed by atoms with Crippen LogP contribution >= 0.6 is 0 Å². The fraction of sp³-hybridized carbons (Fsp3) is 0.312. The van der Waals surface area contributed by atoms with E-state index in [2.05, 4.69) is 5.32 Å². The minimum atomic E-state index is -0.480. The van der Waals surface area contributed by atoms with Crippen molar-refractivity contribution in [2.45, 2.75) is 26.4 Å². The van der Waals surface area contributed by atoms with Crippen molar-refractivity contribution in [3.63, 3.8) is 0 Å². The van der Waals surface area contributed by atoms with E-state index in [1.807, 2.05) is 63.3 Å². The lowest BCUT2D eigenvalue weighted by atomic mass is 10.2. The van der Waals surface area contributed by atoms with Crippen molar-refractivity contribution >= 4 is 23.1 Å². The fourth-order valence-corrected chi connectivity index (χ4v) is 1.72. The number of alkyl carbamates (subject to hydrolysis) is 1. The molecule has 106 valence electrons. The maximum atomic E-state index is 11.4. The van der Waals surface area contributed by atoms with Gasteiger partial charge in [-0.2, -0.15) is 0 Å². The lowest BCUT2D eigenvalue weighted by molar-refractivity contribution is 0.0534. The van der Waals surface area contributed by atoms with E-state index in [1.165, 1.54) is 0 Å². The second-order valence-electron chi connectivity index (χ2n) is 5.47. The molecular formula is C16H19NO3. The second-order valence-corrected chi connectivity index (χ2v) is 5.47. The molecule has 0 atom stereocenters. The molecule has 0 spiro atoms. The first-order valence-electron chi connectivity index (χ1n) is 6.56. The number of carbonyl (C=O) groups excluding carboxylic acids is 1. The number of fused-ring (bicyclic) bond motifs is 1. The zero-order chi connectivity index (χ0) is 14.6. The average Bonchev–Trinajstić information content (AvgIpc) is 2.75. The maximum absolute atomic E-state index is 11.4. The number of furan rings is 1. The first-order valence-corrected chi connectivity index (χ1v) is 6.56. The number of ether oxygens (including phenoxy) is 1. The van der Waals surface area contributed by atoms with E-state index in [0.29, 0.717) is 6.54 Å². The molecule has 0 aliphatic carbocycles. The number of hydrogen-bond donors (Lipinski definition) is 1. The van der Waals surface area contributed by atoms with Gasteiger partial charge in [0.2, 0.25) is 0 Å². The van der Waals surface area contributed by atoms with Gasteiger partial charge in [-0.15, -0.1) is 0 Å². The van der Waals surface area contributed by atoms with Crippen LogP contribution < -0.4 is 5.32 Å². The molecule has 0 fully saturated rings. The quantitative estimate of drug-likeness (QED) is 0.920. The predicted molar refractivity (Wildman–Crippen MR) is 79.5 cm³/mol. The van der Waals surface area contributed by atoms with Gasteiger partial charge in [-0.25, -0.2) is 4.79 Å². The summed E-state index contributed by atoms with van der Waals surface area (Å²) in [5.74, 6) is 0.761. The molecule has 2 aromatic rings. The Morgan fingerprint density at radius 1 is 1.35 bits per heavy atom. The van der Waals surface area contributed by atoms with E-state index in [1.54, 1.807) is 0 Å². The molecule has 0 aliphatic heterocycles. The molecule has 4 nitrogen and oxygen atoms in total. The first kappa shape index (κ1) is 14.2. The normalized spacial score (nSPS) is 11.9. The molecular weight excluding hydrogens is 254 g/mol. The smallest absolute Gasteiger partial charge is 0.407 e. The summed E-state index contributed by atoms with van der Waals surface area (Å²) in [5.41, 5.74) is 0.374. The van der Waals surface area contributed by atoms with Crippen LogP contribution in [-0.4, -0.2) is 18.2 Å². The van der Waals surface area contributed by atoms with Gasteiger partial charge in [-0.1, -0.05) is 24.3 Å². The standard InChI is InChI=1S/C16H19NO3/c1-16(2,3)20-15(18)17-10-6-8-13-11-12-7-4-5-9-14(12)19-13/h4-9,11H,10H2,1-3H3,(H,17,18). The van der Waals surface area contributed by atoms with Gasteiger partial charge in [0.15, 0.2) is 0 Å². The van der Waals surface area contributed by atoms with Gasteiger partial charge in [0.25, 0.3) is 0 Å². The average molecular weight is 273 g/mol. The summed E-state index contributed by atoms with van der Waals surface area (Å²) in [7, 11) is 0. The van der Waals surface area contributed by atoms with Crippen LogP contribution in [0.25, 0.3) is 17.0 Å². The third-order valence-corrected chi connectivity index (χ3v) is 2.49. The molecule has 1 N–H and O–H groups in total. The van der Waals surface area contributed by atoms with Crippen LogP contribution in [0.2, 0.25) is 0 Å². The van der Waals surface area contributed by atoms with Crippen LogP contribution in [0.1, 0.15) is 26.5 Å². The number of nitrogens with one attached hydrogen (secondary N) is 1. The van der Waals surface area contributed by atoms with Crippen LogP contribution in [0.4, 0.5) is 4.79 Å². The highest BCUT2D eigenvalue weighted by molar-refractivity contribution is 5.79. The molecule has 20 heavy (non-hydrogen) atoms. The summed E-state index contributed by atoms with van der Waals surface area (Å²) >= 11 is 0. The monoisotopic (exact) mass is 273 g/mol. The summed E-state index contributed by atoms with van der Waals surface area (Å²) < 4.78 is 10.8. The molecule has 0 aliphatic rings. The molecule has 0 saturated carbocycles. The van der Waals surface area contributed by atoms with Crippen molar-refractivity contribution in [1.29, 1.82) is 0 Å². The van der Waals surface area contributed by atoms with Gasteiger partial charge < -0.3 is 14.5 Å². The third kappa shape index (κ3) is 4.16. The Morgan fingerprint density at radius 3 is 2.80 bits per heavy atom. The van der Waals surface area contributed by atoms with Crippen LogP contribution in [-0.2, 0) is 4.74 Å². The van der Waals surface area contributed by atoms with E-state index < -0.39 is 11.7 Å². The highest BCUT2D eigenvalue weighted by atomic mass is 16.6. The van der Waals surface area contributed by atoms with E-state index in [0.717, 1.165) is 16.7 Å². The molecule has 2 rings (SSSR count). The summed E-state index contributed by atoms with van der Waals surface area (Å²) in [6.07, 6.45) is 3.23. The van der Waals surface area contributed by atoms with E-state index in [9.17, 15) is 4.79 Å². The zero-order valence-electron chi connectivity index (χ0n) is 12.0. The second kappa shape index (κ2) is 5.82. The SMILES string of the molecule is CC(C)(C)OC(=O)NCC=Cc1cc2ccccc2o1. The van der Waals surface area contributed by atoms with Crippen molar-refractivity contribution in [2.24, 2.45) is 0 Å². The molecule has 0 radical (unpaired) electrons. The van der Waals surface area contributed by atoms with Crippen molar-refractivity contribution in [3.05, 3.63) is 42.2 Å². The summed E-state index contributed by atoms with van der Waals surface area (Å²) in [4.78, 5) is 11.4. The number of carbonyl (C=O) groups is 1. The van der Waals surface area contributed by atoms with E-state index in [4.69, 9.17) is 9.15 Å². The summed E-state index contributed by atoms with van der Waals surface area (Å²) in [6.45, 7) is 5.89. The zero-order valence-corrected chi connectivity index (χ0v) is 12.0. The summed E-state index contributed by atoms with van der Waals surface area (Å²) in [5, 5.41) is 3.72. The van der Waals surface area contributed by atoms with Crippen molar-refractivity contribution in [3.8, 4) is 0 Å². The number of amides is 1. The number of hydrogen-bond acceptors (Lipinski definition) is 3. The Balaban J connectivity index is 1.86.